The number of phenolic OH excluding ortho intramolecular Hbond substituents is 1. The Morgan fingerprint density at radius 3 is 2.80 bits per heavy atom. The maximum Gasteiger partial charge on any atom is 0.236 e. The van der Waals surface area contributed by atoms with Gasteiger partial charge in [0.15, 0.2) is 0 Å². The summed E-state index contributed by atoms with van der Waals surface area (Å²) in [5.74, 6) is -0.367. The van der Waals surface area contributed by atoms with Crippen LogP contribution in [0.25, 0.3) is 0 Å². The molecule has 0 radical (unpaired) electrons. The van der Waals surface area contributed by atoms with Gasteiger partial charge in [0, 0.05) is 25.3 Å². The maximum atomic E-state index is 10.8. The van der Waals surface area contributed by atoms with Gasteiger partial charge in [0.05, 0.1) is 0 Å². The molecule has 1 aromatic rings. The minimum atomic E-state index is -0.711. The first-order valence-corrected chi connectivity index (χ1v) is 4.56. The van der Waals surface area contributed by atoms with Crippen LogP contribution >= 0.6 is 0 Å². The van der Waals surface area contributed by atoms with Crippen molar-refractivity contribution >= 4 is 11.6 Å². The van der Waals surface area contributed by atoms with E-state index in [0.29, 0.717) is 6.54 Å². The average Bonchev–Trinajstić information content (AvgIpc) is 2.17. The first kappa shape index (κ1) is 11.3. The Bertz CT molecular complexity index is 354. The molecular formula is C10H15N3O2. The largest absolute Gasteiger partial charge is 0.508 e. The Balaban J connectivity index is 2.68. The summed E-state index contributed by atoms with van der Waals surface area (Å²) >= 11 is 0. The number of anilines is 1. The smallest absolute Gasteiger partial charge is 0.236 e. The Labute approximate surface area is 88.3 Å². The molecule has 1 atom stereocenters. The molecular weight excluding hydrogens is 194 g/mol. The van der Waals surface area contributed by atoms with Crippen molar-refractivity contribution in [2.24, 2.45) is 11.5 Å². The van der Waals surface area contributed by atoms with Crippen molar-refractivity contribution in [1.82, 2.24) is 0 Å². The molecule has 0 spiro atoms. The second-order valence-corrected chi connectivity index (χ2v) is 3.41. The molecule has 5 nitrogen and oxygen atoms in total. The third-order valence-electron chi connectivity index (χ3n) is 2.11. The van der Waals surface area contributed by atoms with Crippen molar-refractivity contribution in [2.45, 2.75) is 6.04 Å². The summed E-state index contributed by atoms with van der Waals surface area (Å²) in [6.45, 7) is 0.318. The lowest BCUT2D eigenvalue weighted by Gasteiger charge is -2.21. The van der Waals surface area contributed by atoms with Gasteiger partial charge in [0.1, 0.15) is 11.8 Å². The van der Waals surface area contributed by atoms with E-state index in [1.807, 2.05) is 6.07 Å². The van der Waals surface area contributed by atoms with Gasteiger partial charge >= 0.3 is 0 Å². The van der Waals surface area contributed by atoms with Crippen LogP contribution in [0.2, 0.25) is 0 Å². The summed E-state index contributed by atoms with van der Waals surface area (Å²) in [5, 5.41) is 9.26. The fraction of sp³-hybridized carbons (Fsp3) is 0.300. The number of amides is 1. The second kappa shape index (κ2) is 4.65. The monoisotopic (exact) mass is 209 g/mol. The van der Waals surface area contributed by atoms with Crippen LogP contribution in [-0.2, 0) is 4.79 Å². The van der Waals surface area contributed by atoms with Crippen molar-refractivity contribution in [3.63, 3.8) is 0 Å². The molecule has 1 amide bonds. The molecule has 5 heteroatoms. The van der Waals surface area contributed by atoms with Gasteiger partial charge < -0.3 is 21.5 Å². The van der Waals surface area contributed by atoms with Crippen LogP contribution in [-0.4, -0.2) is 30.6 Å². The molecule has 82 valence electrons. The number of aromatic hydroxyl groups is 1. The van der Waals surface area contributed by atoms with E-state index in [-0.39, 0.29) is 5.75 Å². The van der Waals surface area contributed by atoms with Crippen molar-refractivity contribution < 1.29 is 9.90 Å². The number of benzene rings is 1. The summed E-state index contributed by atoms with van der Waals surface area (Å²) < 4.78 is 0. The second-order valence-electron chi connectivity index (χ2n) is 3.41. The van der Waals surface area contributed by atoms with E-state index in [9.17, 15) is 9.90 Å². The summed E-state index contributed by atoms with van der Waals surface area (Å²) in [6, 6.07) is 5.99. The van der Waals surface area contributed by atoms with Gasteiger partial charge in [-0.2, -0.15) is 0 Å². The predicted molar refractivity (Wildman–Crippen MR) is 58.5 cm³/mol. The number of carbonyl (C=O) groups excluding carboxylic acids is 1. The minimum Gasteiger partial charge on any atom is -0.508 e. The quantitative estimate of drug-likeness (QED) is 0.631. The number of rotatable bonds is 4. The SMILES string of the molecule is CN(CC(N)C(N)=O)c1cccc(O)c1. The number of carbonyl (C=O) groups is 1. The van der Waals surface area contributed by atoms with E-state index in [2.05, 4.69) is 0 Å². The highest BCUT2D eigenvalue weighted by Gasteiger charge is 2.12. The molecule has 0 bridgehead atoms. The number of hydrogen-bond acceptors (Lipinski definition) is 4. The van der Waals surface area contributed by atoms with Gasteiger partial charge in [-0.1, -0.05) is 6.07 Å². The lowest BCUT2D eigenvalue weighted by atomic mass is 10.2. The molecule has 0 aromatic heterocycles. The molecule has 0 heterocycles. The van der Waals surface area contributed by atoms with Crippen molar-refractivity contribution in [3.8, 4) is 5.75 Å². The van der Waals surface area contributed by atoms with Crippen molar-refractivity contribution in [2.75, 3.05) is 18.5 Å². The summed E-state index contributed by atoms with van der Waals surface area (Å²) in [5.41, 5.74) is 11.4. The van der Waals surface area contributed by atoms with E-state index in [0.717, 1.165) is 5.69 Å². The van der Waals surface area contributed by atoms with Gasteiger partial charge in [-0.3, -0.25) is 4.79 Å². The Morgan fingerprint density at radius 2 is 2.27 bits per heavy atom. The van der Waals surface area contributed by atoms with E-state index in [4.69, 9.17) is 11.5 Å². The molecule has 0 fully saturated rings. The van der Waals surface area contributed by atoms with Crippen LogP contribution in [0.3, 0.4) is 0 Å². The number of likely N-dealkylation sites (N-methyl/N-ethyl adjacent to an activating group) is 1. The highest BCUT2D eigenvalue weighted by atomic mass is 16.3. The lowest BCUT2D eigenvalue weighted by Crippen LogP contribution is -2.44. The van der Waals surface area contributed by atoms with Gasteiger partial charge in [-0.05, 0) is 12.1 Å². The molecule has 1 aromatic carbocycles. The summed E-state index contributed by atoms with van der Waals surface area (Å²) in [6.07, 6.45) is 0. The number of hydrogen-bond donors (Lipinski definition) is 3. The minimum absolute atomic E-state index is 0.173. The Hall–Kier alpha value is -1.75. The zero-order valence-electron chi connectivity index (χ0n) is 8.55. The van der Waals surface area contributed by atoms with Crippen LogP contribution in [0.15, 0.2) is 24.3 Å². The third kappa shape index (κ3) is 3.14. The standard InChI is InChI=1S/C10H15N3O2/c1-13(6-9(11)10(12)15)7-3-2-4-8(14)5-7/h2-5,9,14H,6,11H2,1H3,(H2,12,15). The van der Waals surface area contributed by atoms with E-state index in [1.165, 1.54) is 0 Å². The molecule has 0 saturated carbocycles. The summed E-state index contributed by atoms with van der Waals surface area (Å²) in [7, 11) is 1.78. The predicted octanol–water partition coefficient (Wildman–Crippen LogP) is -0.359. The van der Waals surface area contributed by atoms with Crippen LogP contribution in [0.5, 0.6) is 5.75 Å². The van der Waals surface area contributed by atoms with Gasteiger partial charge in [0.2, 0.25) is 5.91 Å². The first-order chi connectivity index (χ1) is 7.00. The molecule has 1 unspecified atom stereocenters. The zero-order chi connectivity index (χ0) is 11.4. The molecule has 0 aliphatic rings. The van der Waals surface area contributed by atoms with Gasteiger partial charge in [0.25, 0.3) is 0 Å². The molecule has 5 N–H and O–H groups in total. The Kier molecular flexibility index (Phi) is 3.51. The number of primary amides is 1. The van der Waals surface area contributed by atoms with Crippen LogP contribution in [0.1, 0.15) is 0 Å². The lowest BCUT2D eigenvalue weighted by molar-refractivity contribution is -0.119. The third-order valence-corrected chi connectivity index (χ3v) is 2.11. The topological polar surface area (TPSA) is 92.6 Å². The fourth-order valence-corrected chi connectivity index (χ4v) is 1.22. The molecule has 0 saturated heterocycles. The number of nitrogens with zero attached hydrogens (tertiary/aromatic N) is 1. The van der Waals surface area contributed by atoms with Crippen molar-refractivity contribution in [1.29, 1.82) is 0 Å². The van der Waals surface area contributed by atoms with Gasteiger partial charge in [-0.15, -0.1) is 0 Å². The highest BCUT2D eigenvalue weighted by molar-refractivity contribution is 5.80. The van der Waals surface area contributed by atoms with E-state index in [1.54, 1.807) is 30.1 Å². The van der Waals surface area contributed by atoms with E-state index >= 15 is 0 Å². The zero-order valence-corrected chi connectivity index (χ0v) is 8.55. The highest BCUT2D eigenvalue weighted by Crippen LogP contribution is 2.18. The van der Waals surface area contributed by atoms with E-state index < -0.39 is 11.9 Å². The molecule has 15 heavy (non-hydrogen) atoms. The van der Waals surface area contributed by atoms with Crippen molar-refractivity contribution in [3.05, 3.63) is 24.3 Å². The fourth-order valence-electron chi connectivity index (χ4n) is 1.22. The average molecular weight is 209 g/mol. The van der Waals surface area contributed by atoms with Gasteiger partial charge in [-0.25, -0.2) is 0 Å². The van der Waals surface area contributed by atoms with Crippen LogP contribution in [0.4, 0.5) is 5.69 Å². The Morgan fingerprint density at radius 1 is 1.60 bits per heavy atom. The normalized spacial score (nSPS) is 12.1. The maximum absolute atomic E-state index is 10.8. The van der Waals surface area contributed by atoms with Crippen LogP contribution in [0, 0.1) is 0 Å². The van der Waals surface area contributed by atoms with Crippen LogP contribution < -0.4 is 16.4 Å². The molecule has 0 aliphatic carbocycles. The first-order valence-electron chi connectivity index (χ1n) is 4.56. The number of phenols is 1. The summed E-state index contributed by atoms with van der Waals surface area (Å²) in [4.78, 5) is 12.5. The number of nitrogens with two attached hydrogens (primary N) is 2. The molecule has 1 rings (SSSR count). The molecule has 0 aliphatic heterocycles.